The fourth-order valence-electron chi connectivity index (χ4n) is 2.80. The maximum atomic E-state index is 12.7. The second-order valence-electron chi connectivity index (χ2n) is 6.22. The van der Waals surface area contributed by atoms with Crippen molar-refractivity contribution in [3.63, 3.8) is 0 Å². The summed E-state index contributed by atoms with van der Waals surface area (Å²) in [6.07, 6.45) is 2.32. The first-order valence-corrected chi connectivity index (χ1v) is 10.2. The molecule has 1 aliphatic rings. The highest BCUT2D eigenvalue weighted by molar-refractivity contribution is 7.89. The summed E-state index contributed by atoms with van der Waals surface area (Å²) in [5, 5.41) is 8.91. The maximum Gasteiger partial charge on any atom is 0.243 e. The lowest BCUT2D eigenvalue weighted by Crippen LogP contribution is -2.36. The number of hydrogen-bond donors (Lipinski definition) is 1. The molecule has 0 amide bonds. The summed E-state index contributed by atoms with van der Waals surface area (Å²) in [7, 11) is -2.01. The van der Waals surface area contributed by atoms with E-state index < -0.39 is 10.0 Å². The Morgan fingerprint density at radius 2 is 2.00 bits per heavy atom. The van der Waals surface area contributed by atoms with Gasteiger partial charge in [0, 0.05) is 25.2 Å². The Bertz CT molecular complexity index is 995. The van der Waals surface area contributed by atoms with Crippen LogP contribution in [0.1, 0.15) is 17.5 Å². The largest absolute Gasteiger partial charge is 0.497 e. The third-order valence-electron chi connectivity index (χ3n) is 4.37. The van der Waals surface area contributed by atoms with E-state index in [2.05, 4.69) is 11.5 Å². The summed E-state index contributed by atoms with van der Waals surface area (Å²) in [5.74, 6) is 0.612. The SMILES string of the molecule is COc1ccc(S(=O)(=O)N2CC=C(NOCc3cccc(C#N)c3)CC2)cc1. The normalized spacial score (nSPS) is 14.8. The first-order chi connectivity index (χ1) is 13.5. The summed E-state index contributed by atoms with van der Waals surface area (Å²) in [6.45, 7) is 0.936. The molecule has 0 spiro atoms. The van der Waals surface area contributed by atoms with Gasteiger partial charge >= 0.3 is 0 Å². The molecule has 0 saturated carbocycles. The molecule has 0 aliphatic carbocycles. The van der Waals surface area contributed by atoms with E-state index in [9.17, 15) is 8.42 Å². The lowest BCUT2D eigenvalue weighted by Gasteiger charge is -2.26. The minimum Gasteiger partial charge on any atom is -0.497 e. The highest BCUT2D eigenvalue weighted by Crippen LogP contribution is 2.22. The first-order valence-electron chi connectivity index (χ1n) is 8.73. The van der Waals surface area contributed by atoms with Gasteiger partial charge in [0.05, 0.1) is 30.2 Å². The van der Waals surface area contributed by atoms with Gasteiger partial charge in [0.2, 0.25) is 10.0 Å². The van der Waals surface area contributed by atoms with Crippen LogP contribution < -0.4 is 10.2 Å². The Morgan fingerprint density at radius 1 is 1.21 bits per heavy atom. The van der Waals surface area contributed by atoms with Crippen LogP contribution in [0.4, 0.5) is 0 Å². The zero-order chi connectivity index (χ0) is 20.0. The Hall–Kier alpha value is -2.86. The van der Waals surface area contributed by atoms with E-state index in [0.717, 1.165) is 11.3 Å². The van der Waals surface area contributed by atoms with Gasteiger partial charge in [0.25, 0.3) is 0 Å². The number of hydroxylamine groups is 1. The molecule has 8 heteroatoms. The number of sulfonamides is 1. The van der Waals surface area contributed by atoms with Crippen molar-refractivity contribution >= 4 is 10.0 Å². The van der Waals surface area contributed by atoms with E-state index in [4.69, 9.17) is 14.8 Å². The van der Waals surface area contributed by atoms with Gasteiger partial charge in [-0.2, -0.15) is 9.57 Å². The van der Waals surface area contributed by atoms with Gasteiger partial charge in [-0.25, -0.2) is 8.42 Å². The second kappa shape index (κ2) is 8.89. The van der Waals surface area contributed by atoms with Crippen LogP contribution in [0.3, 0.4) is 0 Å². The van der Waals surface area contributed by atoms with Crippen molar-refractivity contribution in [2.24, 2.45) is 0 Å². The van der Waals surface area contributed by atoms with Gasteiger partial charge < -0.3 is 4.74 Å². The number of ether oxygens (including phenoxy) is 1. The minimum atomic E-state index is -3.55. The Kier molecular flexibility index (Phi) is 6.31. The minimum absolute atomic E-state index is 0.242. The van der Waals surface area contributed by atoms with Crippen LogP contribution in [-0.4, -0.2) is 32.9 Å². The molecule has 7 nitrogen and oxygen atoms in total. The fourth-order valence-corrected chi connectivity index (χ4v) is 4.18. The van der Waals surface area contributed by atoms with Crippen molar-refractivity contribution < 1.29 is 18.0 Å². The molecule has 1 aliphatic heterocycles. The Morgan fingerprint density at radius 3 is 2.64 bits per heavy atom. The van der Waals surface area contributed by atoms with Gasteiger partial charge in [-0.15, -0.1) is 0 Å². The van der Waals surface area contributed by atoms with Gasteiger partial charge in [0.1, 0.15) is 5.75 Å². The lowest BCUT2D eigenvalue weighted by molar-refractivity contribution is 0.0453. The average Bonchev–Trinajstić information content (AvgIpc) is 2.74. The number of hydrogen-bond acceptors (Lipinski definition) is 6. The molecule has 3 rings (SSSR count). The monoisotopic (exact) mass is 399 g/mol. The third kappa shape index (κ3) is 4.70. The number of nitrogens with zero attached hydrogens (tertiary/aromatic N) is 2. The van der Waals surface area contributed by atoms with Gasteiger partial charge in [-0.05, 0) is 48.0 Å². The first kappa shape index (κ1) is 19.9. The predicted molar refractivity (Wildman–Crippen MR) is 104 cm³/mol. The van der Waals surface area contributed by atoms with Crippen LogP contribution in [0.2, 0.25) is 0 Å². The van der Waals surface area contributed by atoms with Crippen molar-refractivity contribution in [1.29, 1.82) is 5.26 Å². The fraction of sp³-hybridized carbons (Fsp3) is 0.250. The molecule has 28 heavy (non-hydrogen) atoms. The summed E-state index contributed by atoms with van der Waals surface area (Å²) in [4.78, 5) is 5.72. The number of rotatable bonds is 7. The number of benzene rings is 2. The Labute approximate surface area is 164 Å². The van der Waals surface area contributed by atoms with Crippen molar-refractivity contribution in [1.82, 2.24) is 9.79 Å². The van der Waals surface area contributed by atoms with E-state index in [-0.39, 0.29) is 11.4 Å². The molecule has 1 heterocycles. The second-order valence-corrected chi connectivity index (χ2v) is 8.16. The number of nitrogens with one attached hydrogen (secondary N) is 1. The molecule has 0 bridgehead atoms. The molecular weight excluding hydrogens is 378 g/mol. The highest BCUT2D eigenvalue weighted by atomic mass is 32.2. The lowest BCUT2D eigenvalue weighted by atomic mass is 10.1. The van der Waals surface area contributed by atoms with Crippen LogP contribution >= 0.6 is 0 Å². The number of nitriles is 1. The maximum absolute atomic E-state index is 12.7. The topological polar surface area (TPSA) is 91.7 Å². The third-order valence-corrected chi connectivity index (χ3v) is 6.25. The molecule has 0 fully saturated rings. The van der Waals surface area contributed by atoms with Crippen molar-refractivity contribution in [3.05, 3.63) is 71.4 Å². The smallest absolute Gasteiger partial charge is 0.243 e. The van der Waals surface area contributed by atoms with Crippen molar-refractivity contribution in [2.45, 2.75) is 17.9 Å². The summed E-state index contributed by atoms with van der Waals surface area (Å²) < 4.78 is 32.0. The molecular formula is C20H21N3O4S. The van der Waals surface area contributed by atoms with Crippen LogP contribution in [0.15, 0.2) is 65.2 Å². The molecule has 2 aromatic rings. The molecule has 0 aromatic heterocycles. The van der Waals surface area contributed by atoms with Gasteiger partial charge in [-0.3, -0.25) is 10.3 Å². The standard InChI is InChI=1S/C20H21N3O4S/c1-26-19-5-7-20(8-6-19)28(24,25)23-11-9-18(10-12-23)22-27-15-17-4-2-3-16(13-17)14-21/h2-9,13,22H,10-12,15H2,1H3. The van der Waals surface area contributed by atoms with Gasteiger partial charge in [0.15, 0.2) is 0 Å². The molecule has 2 aromatic carbocycles. The molecule has 0 saturated heterocycles. The van der Waals surface area contributed by atoms with Crippen molar-refractivity contribution in [2.75, 3.05) is 20.2 Å². The van der Waals surface area contributed by atoms with Crippen LogP contribution in [0.5, 0.6) is 5.75 Å². The predicted octanol–water partition coefficient (Wildman–Crippen LogP) is 2.57. The van der Waals surface area contributed by atoms with Crippen LogP contribution in [-0.2, 0) is 21.5 Å². The summed E-state index contributed by atoms with van der Waals surface area (Å²) in [5.41, 5.74) is 5.17. The van der Waals surface area contributed by atoms with Crippen LogP contribution in [0.25, 0.3) is 0 Å². The molecule has 0 atom stereocenters. The number of methoxy groups -OCH3 is 1. The molecule has 146 valence electrons. The van der Waals surface area contributed by atoms with E-state index >= 15 is 0 Å². The Balaban J connectivity index is 1.55. The van der Waals surface area contributed by atoms with E-state index in [1.165, 1.54) is 11.4 Å². The van der Waals surface area contributed by atoms with E-state index in [0.29, 0.717) is 30.9 Å². The van der Waals surface area contributed by atoms with Gasteiger partial charge in [-0.1, -0.05) is 12.1 Å². The molecule has 1 N–H and O–H groups in total. The van der Waals surface area contributed by atoms with Crippen molar-refractivity contribution in [3.8, 4) is 11.8 Å². The van der Waals surface area contributed by atoms with E-state index in [1.54, 1.807) is 48.5 Å². The zero-order valence-electron chi connectivity index (χ0n) is 15.5. The van der Waals surface area contributed by atoms with Crippen LogP contribution in [0, 0.1) is 11.3 Å². The average molecular weight is 399 g/mol. The highest BCUT2D eigenvalue weighted by Gasteiger charge is 2.26. The quantitative estimate of drug-likeness (QED) is 0.720. The van der Waals surface area contributed by atoms with E-state index in [1.807, 2.05) is 6.07 Å². The molecule has 0 radical (unpaired) electrons. The summed E-state index contributed by atoms with van der Waals surface area (Å²) >= 11 is 0. The summed E-state index contributed by atoms with van der Waals surface area (Å²) in [6, 6.07) is 15.6. The zero-order valence-corrected chi connectivity index (χ0v) is 16.3. The molecule has 0 unspecified atom stereocenters.